The molecule has 26 heavy (non-hydrogen) atoms. The summed E-state index contributed by atoms with van der Waals surface area (Å²) in [5.74, 6) is -0.0166. The van der Waals surface area contributed by atoms with Crippen LogP contribution in [0.3, 0.4) is 0 Å². The summed E-state index contributed by atoms with van der Waals surface area (Å²) in [6, 6.07) is 12.2. The number of hydrogen-bond donors (Lipinski definition) is 1. The predicted octanol–water partition coefficient (Wildman–Crippen LogP) is 4.56. The maximum absolute atomic E-state index is 12.3. The van der Waals surface area contributed by atoms with Gasteiger partial charge in [-0.15, -0.1) is 23.1 Å². The monoisotopic (exact) mass is 383 g/mol. The molecule has 3 aromatic rings. The van der Waals surface area contributed by atoms with Gasteiger partial charge in [0.05, 0.1) is 23.5 Å². The Morgan fingerprint density at radius 3 is 2.62 bits per heavy atom. The summed E-state index contributed by atoms with van der Waals surface area (Å²) in [4.78, 5) is 23.4. The zero-order valence-electron chi connectivity index (χ0n) is 14.8. The number of rotatable bonds is 7. The Hall–Kier alpha value is -2.18. The molecule has 1 amide bonds. The minimum absolute atomic E-state index is 0.0166. The Labute approximate surface area is 162 Å². The second kappa shape index (κ2) is 8.96. The Morgan fingerprint density at radius 1 is 1.15 bits per heavy atom. The fourth-order valence-corrected chi connectivity index (χ4v) is 4.08. The summed E-state index contributed by atoms with van der Waals surface area (Å²) < 4.78 is 0. The number of carbonyl (C=O) groups is 1. The van der Waals surface area contributed by atoms with E-state index in [2.05, 4.69) is 41.3 Å². The van der Waals surface area contributed by atoms with Crippen LogP contribution < -0.4 is 5.32 Å². The fourth-order valence-electron chi connectivity index (χ4n) is 2.50. The molecule has 0 fully saturated rings. The molecular formula is C20H21N3OS2. The van der Waals surface area contributed by atoms with Gasteiger partial charge in [0.2, 0.25) is 5.91 Å². The van der Waals surface area contributed by atoms with Crippen molar-refractivity contribution in [2.75, 3.05) is 0 Å². The number of thioether (sulfide) groups is 1. The summed E-state index contributed by atoms with van der Waals surface area (Å²) in [5, 5.41) is 5.51. The summed E-state index contributed by atoms with van der Waals surface area (Å²) in [6.07, 6.45) is 3.70. The van der Waals surface area contributed by atoms with Gasteiger partial charge >= 0.3 is 0 Å². The molecule has 0 atom stereocenters. The van der Waals surface area contributed by atoms with Gasteiger partial charge in [0, 0.05) is 22.5 Å². The average molecular weight is 384 g/mol. The molecule has 2 heterocycles. The third-order valence-electron chi connectivity index (χ3n) is 3.64. The molecule has 134 valence electrons. The summed E-state index contributed by atoms with van der Waals surface area (Å²) in [7, 11) is 0. The summed E-state index contributed by atoms with van der Waals surface area (Å²) >= 11 is 3.43. The van der Waals surface area contributed by atoms with Crippen LogP contribution in [0, 0.1) is 0 Å². The Balaban J connectivity index is 1.58. The Bertz CT molecular complexity index is 846. The van der Waals surface area contributed by atoms with E-state index in [-0.39, 0.29) is 5.91 Å². The van der Waals surface area contributed by atoms with Gasteiger partial charge < -0.3 is 5.32 Å². The number of hydrogen-bond acceptors (Lipinski definition) is 5. The molecule has 0 radical (unpaired) electrons. The topological polar surface area (TPSA) is 54.9 Å². The van der Waals surface area contributed by atoms with Gasteiger partial charge in [-0.25, -0.2) is 0 Å². The van der Waals surface area contributed by atoms with E-state index in [0.717, 1.165) is 21.8 Å². The summed E-state index contributed by atoms with van der Waals surface area (Å²) in [6.45, 7) is 4.72. The van der Waals surface area contributed by atoms with Gasteiger partial charge in [-0.05, 0) is 29.1 Å². The smallest absolute Gasteiger partial charge is 0.224 e. The van der Waals surface area contributed by atoms with E-state index in [1.54, 1.807) is 23.7 Å². The van der Waals surface area contributed by atoms with Crippen molar-refractivity contribution in [1.29, 1.82) is 0 Å². The normalized spacial score (nSPS) is 10.9. The SMILES string of the molecule is CC(C)Sc1ccc(CC(=O)NCc2nccnc2-c2cccs2)cc1. The molecule has 4 nitrogen and oxygen atoms in total. The van der Waals surface area contributed by atoms with Gasteiger partial charge in [0.1, 0.15) is 5.69 Å². The van der Waals surface area contributed by atoms with Gasteiger partial charge in [-0.1, -0.05) is 32.0 Å². The first-order valence-electron chi connectivity index (χ1n) is 8.48. The van der Waals surface area contributed by atoms with Crippen LogP contribution in [0.2, 0.25) is 0 Å². The first-order valence-corrected chi connectivity index (χ1v) is 10.2. The van der Waals surface area contributed by atoms with Crippen molar-refractivity contribution in [3.8, 4) is 10.6 Å². The lowest BCUT2D eigenvalue weighted by atomic mass is 10.1. The molecule has 3 rings (SSSR count). The molecule has 0 aliphatic carbocycles. The largest absolute Gasteiger partial charge is 0.350 e. The number of carbonyl (C=O) groups excluding carboxylic acids is 1. The van der Waals surface area contributed by atoms with Crippen molar-refractivity contribution < 1.29 is 4.79 Å². The first kappa shape index (κ1) is 18.6. The first-order chi connectivity index (χ1) is 12.6. The van der Waals surface area contributed by atoms with Crippen LogP contribution in [-0.2, 0) is 17.8 Å². The fraction of sp³-hybridized carbons (Fsp3) is 0.250. The highest BCUT2D eigenvalue weighted by molar-refractivity contribution is 7.99. The Kier molecular flexibility index (Phi) is 6.41. The number of benzene rings is 1. The van der Waals surface area contributed by atoms with E-state index in [1.165, 1.54) is 4.90 Å². The lowest BCUT2D eigenvalue weighted by Gasteiger charge is -2.09. The molecule has 0 aliphatic rings. The van der Waals surface area contributed by atoms with Crippen LogP contribution in [0.25, 0.3) is 10.6 Å². The van der Waals surface area contributed by atoms with Crippen molar-refractivity contribution in [2.24, 2.45) is 0 Å². The van der Waals surface area contributed by atoms with Crippen LogP contribution in [0.15, 0.2) is 59.1 Å². The number of nitrogens with one attached hydrogen (secondary N) is 1. The second-order valence-corrected chi connectivity index (χ2v) is 8.69. The zero-order valence-corrected chi connectivity index (χ0v) is 16.4. The van der Waals surface area contributed by atoms with E-state index < -0.39 is 0 Å². The van der Waals surface area contributed by atoms with Gasteiger partial charge in [0.25, 0.3) is 0 Å². The van der Waals surface area contributed by atoms with Gasteiger partial charge in [-0.2, -0.15) is 0 Å². The van der Waals surface area contributed by atoms with Gasteiger partial charge in [-0.3, -0.25) is 14.8 Å². The maximum Gasteiger partial charge on any atom is 0.224 e. The van der Waals surface area contributed by atoms with Crippen LogP contribution >= 0.6 is 23.1 Å². The van der Waals surface area contributed by atoms with E-state index in [1.807, 2.05) is 41.4 Å². The summed E-state index contributed by atoms with van der Waals surface area (Å²) in [5.41, 5.74) is 2.62. The van der Waals surface area contributed by atoms with Crippen molar-refractivity contribution in [3.63, 3.8) is 0 Å². The molecule has 0 bridgehead atoms. The van der Waals surface area contributed by atoms with Crippen molar-refractivity contribution in [3.05, 3.63) is 65.4 Å². The highest BCUT2D eigenvalue weighted by atomic mass is 32.2. The number of nitrogens with zero attached hydrogens (tertiary/aromatic N) is 2. The van der Waals surface area contributed by atoms with Crippen molar-refractivity contribution in [2.45, 2.75) is 37.0 Å². The Morgan fingerprint density at radius 2 is 1.92 bits per heavy atom. The van der Waals surface area contributed by atoms with E-state index in [9.17, 15) is 4.79 Å². The second-order valence-electron chi connectivity index (χ2n) is 6.09. The van der Waals surface area contributed by atoms with Gasteiger partial charge in [0.15, 0.2) is 0 Å². The van der Waals surface area contributed by atoms with E-state index in [0.29, 0.717) is 18.2 Å². The van der Waals surface area contributed by atoms with E-state index >= 15 is 0 Å². The molecule has 0 unspecified atom stereocenters. The highest BCUT2D eigenvalue weighted by Crippen LogP contribution is 2.25. The molecular weight excluding hydrogens is 362 g/mol. The molecule has 2 aromatic heterocycles. The number of thiophene rings is 1. The zero-order chi connectivity index (χ0) is 18.4. The minimum Gasteiger partial charge on any atom is -0.350 e. The van der Waals surface area contributed by atoms with Crippen molar-refractivity contribution in [1.82, 2.24) is 15.3 Å². The van der Waals surface area contributed by atoms with Crippen LogP contribution in [-0.4, -0.2) is 21.1 Å². The quantitative estimate of drug-likeness (QED) is 0.608. The van der Waals surface area contributed by atoms with Crippen LogP contribution in [0.4, 0.5) is 0 Å². The average Bonchev–Trinajstić information content (AvgIpc) is 3.16. The van der Waals surface area contributed by atoms with Crippen LogP contribution in [0.5, 0.6) is 0 Å². The van der Waals surface area contributed by atoms with Crippen molar-refractivity contribution >= 4 is 29.0 Å². The number of aromatic nitrogens is 2. The third-order valence-corrected chi connectivity index (χ3v) is 5.53. The lowest BCUT2D eigenvalue weighted by Crippen LogP contribution is -2.25. The lowest BCUT2D eigenvalue weighted by molar-refractivity contribution is -0.120. The number of amides is 1. The minimum atomic E-state index is -0.0166. The van der Waals surface area contributed by atoms with Crippen LogP contribution in [0.1, 0.15) is 25.1 Å². The maximum atomic E-state index is 12.3. The van der Waals surface area contributed by atoms with E-state index in [4.69, 9.17) is 0 Å². The molecule has 0 saturated carbocycles. The molecule has 0 saturated heterocycles. The molecule has 6 heteroatoms. The molecule has 1 aromatic carbocycles. The molecule has 0 aliphatic heterocycles. The standard InChI is InChI=1S/C20H21N3OS2/c1-14(2)26-16-7-5-15(6-8-16)12-19(24)23-13-17-20(22-10-9-21-17)18-4-3-11-25-18/h3-11,14H,12-13H2,1-2H3,(H,23,24). The molecule has 0 spiro atoms. The highest BCUT2D eigenvalue weighted by Gasteiger charge is 2.10. The molecule has 1 N–H and O–H groups in total. The third kappa shape index (κ3) is 5.16. The predicted molar refractivity (Wildman–Crippen MR) is 108 cm³/mol.